The van der Waals surface area contributed by atoms with Crippen LogP contribution in [0.2, 0.25) is 0 Å². The van der Waals surface area contributed by atoms with Crippen molar-refractivity contribution in [1.29, 1.82) is 0 Å². The molecule has 0 bridgehead atoms. The molecule has 0 aliphatic heterocycles. The number of benzene rings is 2. The van der Waals surface area contributed by atoms with Crippen LogP contribution in [0.15, 0.2) is 61.7 Å². The summed E-state index contributed by atoms with van der Waals surface area (Å²) in [7, 11) is 0. The number of aliphatic hydroxyl groups is 2. The van der Waals surface area contributed by atoms with E-state index in [0.717, 1.165) is 42.1 Å². The van der Waals surface area contributed by atoms with Crippen LogP contribution in [0, 0.1) is 15.4 Å². The molecule has 4 rings (SSSR count). The molecular weight excluding hydrogens is 738 g/mol. The maximum Gasteiger partial charge on any atom is 0.458 e. The molecule has 8 nitrogen and oxygen atoms in total. The molecule has 0 spiro atoms. The highest BCUT2D eigenvalue weighted by atomic mass is 127. The Morgan fingerprint density at radius 1 is 0.689 bits per heavy atom. The molecule has 0 aliphatic carbocycles. The molecule has 0 radical (unpaired) electrons. The summed E-state index contributed by atoms with van der Waals surface area (Å²) in [4.78, 5) is 7.33. The smallest absolute Gasteiger partial charge is 0.383 e. The Labute approximate surface area is 263 Å². The van der Waals surface area contributed by atoms with Gasteiger partial charge in [-0.2, -0.15) is 49.7 Å². The maximum absolute atomic E-state index is 13.3. The van der Waals surface area contributed by atoms with Gasteiger partial charge < -0.3 is 10.2 Å². The van der Waals surface area contributed by atoms with Crippen molar-refractivity contribution in [2.45, 2.75) is 56.7 Å². The highest BCUT2D eigenvalue weighted by Crippen LogP contribution is 2.39. The van der Waals surface area contributed by atoms with E-state index in [0.29, 0.717) is 9.64 Å². The summed E-state index contributed by atoms with van der Waals surface area (Å²) in [6, 6.07) is 6.21. The third-order valence-corrected chi connectivity index (χ3v) is 6.66. The summed E-state index contributed by atoms with van der Waals surface area (Å²) in [5, 5.41) is 28.4. The molecule has 0 saturated heterocycles. The molecule has 4 aromatic rings. The first-order valence-corrected chi connectivity index (χ1v) is 13.4. The van der Waals surface area contributed by atoms with Gasteiger partial charge in [0.2, 0.25) is 0 Å². The van der Waals surface area contributed by atoms with E-state index in [9.17, 15) is 49.7 Å². The van der Waals surface area contributed by atoms with Crippen molar-refractivity contribution in [2.75, 3.05) is 0 Å². The lowest BCUT2D eigenvalue weighted by Crippen LogP contribution is -2.31. The van der Waals surface area contributed by atoms with Gasteiger partial charge in [-0.15, -0.1) is 0 Å². The second-order valence-electron chi connectivity index (χ2n) is 9.93. The molecule has 0 fully saturated rings. The van der Waals surface area contributed by atoms with Crippen LogP contribution >= 0.6 is 22.6 Å². The fraction of sp³-hybridized carbons (Fsp3) is 0.333. The van der Waals surface area contributed by atoms with E-state index in [2.05, 4.69) is 20.2 Å². The molecule has 2 unspecified atom stereocenters. The average Bonchev–Trinajstić information content (AvgIpc) is 3.60. The van der Waals surface area contributed by atoms with Crippen LogP contribution in [-0.2, 0) is 36.6 Å². The van der Waals surface area contributed by atoms with Crippen LogP contribution in [0.1, 0.15) is 41.7 Å². The zero-order valence-electron chi connectivity index (χ0n) is 23.0. The molecule has 2 aromatic carbocycles. The van der Waals surface area contributed by atoms with E-state index in [4.69, 9.17) is 0 Å². The Bertz CT molecular complexity index is 1640. The van der Waals surface area contributed by atoms with Gasteiger partial charge in [0.15, 0.2) is 0 Å². The Hall–Kier alpha value is -3.70. The van der Waals surface area contributed by atoms with Crippen molar-refractivity contribution < 1.29 is 49.7 Å². The summed E-state index contributed by atoms with van der Waals surface area (Å²) in [6.07, 6.45) is -9.28. The molecule has 2 atom stereocenters. The van der Waals surface area contributed by atoms with Crippen LogP contribution in [0.4, 0.5) is 39.5 Å². The minimum Gasteiger partial charge on any atom is -0.383 e. The van der Waals surface area contributed by atoms with Gasteiger partial charge in [0.1, 0.15) is 36.5 Å². The fourth-order valence-corrected chi connectivity index (χ4v) is 4.61. The topological polar surface area (TPSA) is 102 Å². The van der Waals surface area contributed by atoms with Gasteiger partial charge in [0, 0.05) is 15.1 Å². The fourth-order valence-electron chi connectivity index (χ4n) is 4.12. The van der Waals surface area contributed by atoms with Crippen molar-refractivity contribution in [3.05, 3.63) is 93.1 Å². The third kappa shape index (κ3) is 10.2. The van der Waals surface area contributed by atoms with E-state index < -0.39 is 52.0 Å². The average molecular weight is 760 g/mol. The van der Waals surface area contributed by atoms with E-state index in [1.807, 2.05) is 0 Å². The minimum atomic E-state index is -4.89. The van der Waals surface area contributed by atoms with Crippen LogP contribution in [0.25, 0.3) is 0 Å². The van der Waals surface area contributed by atoms with Crippen molar-refractivity contribution in [3.8, 4) is 11.8 Å². The molecule has 2 aromatic heterocycles. The molecule has 18 heteroatoms. The van der Waals surface area contributed by atoms with Gasteiger partial charge >= 0.3 is 18.5 Å². The molecule has 45 heavy (non-hydrogen) atoms. The molecule has 0 amide bonds. The summed E-state index contributed by atoms with van der Waals surface area (Å²) in [6.45, 7) is 2.02. The SMILES string of the molecule is CC(O)(Cn1cncn1)c1ccc(C#CC(F)(F)F)cc1C(F)(F)F.CC(O)(Cn1cncn1)c1ccc(I)cc1C(F)(F)F. The second-order valence-corrected chi connectivity index (χ2v) is 11.2. The quantitative estimate of drug-likeness (QED) is 0.144. The first-order valence-electron chi connectivity index (χ1n) is 12.4. The van der Waals surface area contributed by atoms with Gasteiger partial charge in [-0.05, 0) is 71.8 Å². The lowest BCUT2D eigenvalue weighted by atomic mass is 9.89. The highest BCUT2D eigenvalue weighted by molar-refractivity contribution is 14.1. The number of aromatic nitrogens is 6. The van der Waals surface area contributed by atoms with Crippen LogP contribution in [0.3, 0.4) is 0 Å². The van der Waals surface area contributed by atoms with Gasteiger partial charge in [0.25, 0.3) is 0 Å². The molecule has 2 N–H and O–H groups in total. The van der Waals surface area contributed by atoms with E-state index >= 15 is 0 Å². The lowest BCUT2D eigenvalue weighted by Gasteiger charge is -2.27. The first kappa shape index (κ1) is 35.8. The minimum absolute atomic E-state index is 0.114. The van der Waals surface area contributed by atoms with Gasteiger partial charge in [-0.1, -0.05) is 18.1 Å². The molecule has 2 heterocycles. The van der Waals surface area contributed by atoms with Crippen LogP contribution in [-0.4, -0.2) is 45.9 Å². The van der Waals surface area contributed by atoms with Gasteiger partial charge in [-0.3, -0.25) is 0 Å². The monoisotopic (exact) mass is 760 g/mol. The van der Waals surface area contributed by atoms with Crippen molar-refractivity contribution in [1.82, 2.24) is 29.5 Å². The summed E-state index contributed by atoms with van der Waals surface area (Å²) in [5.74, 6) is 2.55. The number of hydrogen-bond acceptors (Lipinski definition) is 6. The predicted molar refractivity (Wildman–Crippen MR) is 148 cm³/mol. The number of alkyl halides is 9. The van der Waals surface area contributed by atoms with Crippen LogP contribution < -0.4 is 0 Å². The van der Waals surface area contributed by atoms with Crippen molar-refractivity contribution in [3.63, 3.8) is 0 Å². The number of halogens is 10. The molecule has 0 saturated carbocycles. The van der Waals surface area contributed by atoms with E-state index in [1.165, 1.54) is 42.7 Å². The lowest BCUT2D eigenvalue weighted by molar-refractivity contribution is -0.141. The Morgan fingerprint density at radius 3 is 1.53 bits per heavy atom. The normalized spacial score (nSPS) is 14.8. The van der Waals surface area contributed by atoms with E-state index in [1.54, 1.807) is 28.5 Å². The largest absolute Gasteiger partial charge is 0.458 e. The number of hydrogen-bond donors (Lipinski definition) is 2. The van der Waals surface area contributed by atoms with Crippen LogP contribution in [0.5, 0.6) is 0 Å². The molecule has 242 valence electrons. The summed E-state index contributed by atoms with van der Waals surface area (Å²) < 4.78 is 118. The summed E-state index contributed by atoms with van der Waals surface area (Å²) in [5.41, 5.74) is -6.96. The Morgan fingerprint density at radius 2 is 1.13 bits per heavy atom. The zero-order chi connectivity index (χ0) is 33.8. The van der Waals surface area contributed by atoms with Gasteiger partial charge in [-0.25, -0.2) is 19.3 Å². The molecule has 0 aliphatic rings. The molecular formula is C27H22F9IN6O2. The van der Waals surface area contributed by atoms with Crippen molar-refractivity contribution >= 4 is 22.6 Å². The second kappa shape index (κ2) is 13.3. The Balaban J connectivity index is 0.000000251. The zero-order valence-corrected chi connectivity index (χ0v) is 25.2. The number of nitrogens with zero attached hydrogens (tertiary/aromatic N) is 6. The van der Waals surface area contributed by atoms with Crippen molar-refractivity contribution in [2.24, 2.45) is 0 Å². The predicted octanol–water partition coefficient (Wildman–Crippen LogP) is 5.93. The highest BCUT2D eigenvalue weighted by Gasteiger charge is 2.40. The standard InChI is InChI=1S/C15H11F6N3O.C12H11F3IN3O/c1-13(25,7-24-9-22-8-23-24)11-3-2-10(4-5-14(16,17)18)6-12(11)15(19,20)21;1-11(20,5-19-7-17-6-18-19)9-3-2-8(16)4-10(9)12(13,14)15/h2-3,6,8-9,25H,7H2,1H3;2-4,6-7,20H,5H2,1H3. The third-order valence-electron chi connectivity index (χ3n) is 5.99. The Kier molecular flexibility index (Phi) is 10.6. The van der Waals surface area contributed by atoms with E-state index in [-0.39, 0.29) is 18.7 Å². The number of rotatable bonds is 6. The first-order chi connectivity index (χ1) is 20.6. The van der Waals surface area contributed by atoms with Gasteiger partial charge in [0.05, 0.1) is 24.2 Å². The maximum atomic E-state index is 13.3. The summed E-state index contributed by atoms with van der Waals surface area (Å²) >= 11 is 1.80.